The maximum atomic E-state index is 13.4. The zero-order valence-corrected chi connectivity index (χ0v) is 20.3. The first kappa shape index (κ1) is 24.1. The van der Waals surface area contributed by atoms with E-state index in [0.29, 0.717) is 25.4 Å². The molecule has 6 heteroatoms. The van der Waals surface area contributed by atoms with Crippen molar-refractivity contribution < 1.29 is 9.59 Å². The third-order valence-electron chi connectivity index (χ3n) is 5.15. The molecule has 0 N–H and O–H groups in total. The van der Waals surface area contributed by atoms with E-state index >= 15 is 0 Å². The molecule has 0 spiro atoms. The summed E-state index contributed by atoms with van der Waals surface area (Å²) < 4.78 is 0. The monoisotopic (exact) mass is 466 g/mol. The van der Waals surface area contributed by atoms with Crippen molar-refractivity contribution in [3.8, 4) is 0 Å². The molecule has 2 amide bonds. The van der Waals surface area contributed by atoms with E-state index in [4.69, 9.17) is 0 Å². The normalized spacial score (nSPS) is 10.7. The van der Waals surface area contributed by atoms with Crippen molar-refractivity contribution in [3.05, 3.63) is 88.1 Å². The lowest BCUT2D eigenvalue weighted by Crippen LogP contribution is -2.43. The quantitative estimate of drug-likeness (QED) is 0.345. The van der Waals surface area contributed by atoms with Crippen LogP contribution < -0.4 is 0 Å². The van der Waals surface area contributed by atoms with Crippen LogP contribution in [0.15, 0.2) is 77.0 Å². The van der Waals surface area contributed by atoms with Crippen LogP contribution in [-0.4, -0.2) is 40.5 Å². The van der Waals surface area contributed by atoms with Crippen molar-refractivity contribution in [1.82, 2.24) is 9.80 Å². The van der Waals surface area contributed by atoms with Gasteiger partial charge in [0, 0.05) is 22.9 Å². The van der Waals surface area contributed by atoms with Gasteiger partial charge in [0.2, 0.25) is 11.8 Å². The lowest BCUT2D eigenvalue weighted by atomic mass is 10.2. The first-order valence-corrected chi connectivity index (χ1v) is 12.7. The molecule has 0 saturated carbocycles. The fraction of sp³-hybridized carbons (Fsp3) is 0.308. The van der Waals surface area contributed by atoms with E-state index in [1.165, 1.54) is 22.2 Å². The van der Waals surface area contributed by atoms with Crippen LogP contribution in [0.4, 0.5) is 0 Å². The lowest BCUT2D eigenvalue weighted by Gasteiger charge is -2.28. The lowest BCUT2D eigenvalue weighted by molar-refractivity contribution is -0.140. The molecule has 0 aliphatic rings. The Morgan fingerprint density at radius 1 is 0.875 bits per heavy atom. The first-order chi connectivity index (χ1) is 15.6. The average Bonchev–Trinajstić information content (AvgIpc) is 3.22. The topological polar surface area (TPSA) is 40.6 Å². The molecule has 0 radical (unpaired) electrons. The number of rotatable bonds is 11. The molecule has 4 nitrogen and oxygen atoms in total. The molecule has 0 fully saturated rings. The number of hydrogen-bond acceptors (Lipinski definition) is 4. The van der Waals surface area contributed by atoms with Gasteiger partial charge in [0.25, 0.3) is 0 Å². The predicted octanol–water partition coefficient (Wildman–Crippen LogP) is 5.62. The molecular weight excluding hydrogens is 436 g/mol. The van der Waals surface area contributed by atoms with Crippen LogP contribution in [0.2, 0.25) is 0 Å². The summed E-state index contributed by atoms with van der Waals surface area (Å²) in [5.41, 5.74) is 2.28. The number of thiophene rings is 1. The molecule has 32 heavy (non-hydrogen) atoms. The third kappa shape index (κ3) is 7.24. The number of carbonyl (C=O) groups excluding carboxylic acids is 2. The summed E-state index contributed by atoms with van der Waals surface area (Å²) in [5, 5.41) is 2.06. The number of thioether (sulfide) groups is 1. The first-order valence-electron chi connectivity index (χ1n) is 10.9. The van der Waals surface area contributed by atoms with Crippen LogP contribution in [0, 0.1) is 6.92 Å². The molecule has 168 valence electrons. The summed E-state index contributed by atoms with van der Waals surface area (Å²) in [6.45, 7) is 5.89. The fourth-order valence-corrected chi connectivity index (χ4v) is 5.10. The van der Waals surface area contributed by atoms with Gasteiger partial charge in [0.15, 0.2) is 0 Å². The summed E-state index contributed by atoms with van der Waals surface area (Å²) in [7, 11) is 0. The molecule has 1 aromatic heterocycles. The van der Waals surface area contributed by atoms with Crippen LogP contribution in [0.5, 0.6) is 0 Å². The molecule has 1 heterocycles. The van der Waals surface area contributed by atoms with Gasteiger partial charge >= 0.3 is 0 Å². The second-order valence-corrected chi connectivity index (χ2v) is 9.73. The summed E-state index contributed by atoms with van der Waals surface area (Å²) >= 11 is 3.18. The van der Waals surface area contributed by atoms with Gasteiger partial charge in [-0.25, -0.2) is 0 Å². The summed E-state index contributed by atoms with van der Waals surface area (Å²) in [6.07, 6.45) is 0.817. The Hall–Kier alpha value is -2.57. The minimum Gasteiger partial charge on any atom is -0.333 e. The van der Waals surface area contributed by atoms with Crippen molar-refractivity contribution in [2.24, 2.45) is 0 Å². The largest absolute Gasteiger partial charge is 0.333 e. The van der Waals surface area contributed by atoms with Crippen LogP contribution in [0.25, 0.3) is 0 Å². The number of amides is 2. The Bertz CT molecular complexity index is 989. The van der Waals surface area contributed by atoms with E-state index in [9.17, 15) is 9.59 Å². The number of benzene rings is 2. The highest BCUT2D eigenvalue weighted by Crippen LogP contribution is 2.20. The molecule has 2 aromatic carbocycles. The smallest absolute Gasteiger partial charge is 0.242 e. The fourth-order valence-electron chi connectivity index (χ4n) is 3.35. The van der Waals surface area contributed by atoms with Gasteiger partial charge in [-0.2, -0.15) is 0 Å². The van der Waals surface area contributed by atoms with Crippen molar-refractivity contribution in [3.63, 3.8) is 0 Å². The van der Waals surface area contributed by atoms with Gasteiger partial charge in [-0.15, -0.1) is 23.1 Å². The Kier molecular flexibility index (Phi) is 9.38. The number of hydrogen-bond donors (Lipinski definition) is 0. The highest BCUT2D eigenvalue weighted by molar-refractivity contribution is 8.00. The maximum Gasteiger partial charge on any atom is 0.242 e. The zero-order valence-electron chi connectivity index (χ0n) is 18.7. The maximum absolute atomic E-state index is 13.4. The number of nitrogens with zero attached hydrogens (tertiary/aromatic N) is 2. The van der Waals surface area contributed by atoms with Gasteiger partial charge < -0.3 is 9.80 Å². The molecule has 3 rings (SSSR count). The Labute approximate surface area is 199 Å². The van der Waals surface area contributed by atoms with Crippen molar-refractivity contribution >= 4 is 34.9 Å². The number of aryl methyl sites for hydroxylation is 1. The molecular formula is C26H30N2O2S2. The van der Waals surface area contributed by atoms with Crippen LogP contribution in [0.1, 0.15) is 29.3 Å². The Balaban J connectivity index is 1.69. The highest BCUT2D eigenvalue weighted by atomic mass is 32.2. The summed E-state index contributed by atoms with van der Waals surface area (Å²) in [4.78, 5) is 32.1. The predicted molar refractivity (Wildman–Crippen MR) is 134 cm³/mol. The van der Waals surface area contributed by atoms with Crippen molar-refractivity contribution in [2.45, 2.75) is 38.3 Å². The van der Waals surface area contributed by atoms with Crippen LogP contribution in [-0.2, 0) is 22.7 Å². The van der Waals surface area contributed by atoms with Crippen LogP contribution >= 0.6 is 23.1 Å². The second kappa shape index (κ2) is 12.5. The molecule has 0 atom stereocenters. The van der Waals surface area contributed by atoms with Crippen LogP contribution in [0.3, 0.4) is 0 Å². The SMILES string of the molecule is CCCN(CC(=O)N(Cc1ccccc1)Cc1sccc1C)C(=O)CSc1ccccc1. The molecule has 0 aliphatic carbocycles. The Morgan fingerprint density at radius 2 is 1.56 bits per heavy atom. The van der Waals surface area contributed by atoms with Gasteiger partial charge in [0.05, 0.1) is 18.8 Å². The van der Waals surface area contributed by atoms with E-state index in [1.54, 1.807) is 16.2 Å². The second-order valence-electron chi connectivity index (χ2n) is 7.68. The average molecular weight is 467 g/mol. The molecule has 3 aromatic rings. The minimum absolute atomic E-state index is 0.000943. The molecule has 0 aliphatic heterocycles. The zero-order chi connectivity index (χ0) is 22.8. The van der Waals surface area contributed by atoms with Gasteiger partial charge in [-0.1, -0.05) is 55.5 Å². The third-order valence-corrected chi connectivity index (χ3v) is 7.15. The van der Waals surface area contributed by atoms with Crippen molar-refractivity contribution in [2.75, 3.05) is 18.8 Å². The van der Waals surface area contributed by atoms with E-state index in [-0.39, 0.29) is 18.4 Å². The van der Waals surface area contributed by atoms with E-state index < -0.39 is 0 Å². The Morgan fingerprint density at radius 3 is 2.19 bits per heavy atom. The molecule has 0 saturated heterocycles. The standard InChI is InChI=1S/C26H30N2O2S2/c1-3-15-27(26(30)20-32-23-12-8-5-9-13-23)19-25(29)28(17-22-10-6-4-7-11-22)18-24-21(2)14-16-31-24/h4-14,16H,3,15,17-20H2,1-2H3. The van der Waals surface area contributed by atoms with Crippen molar-refractivity contribution in [1.29, 1.82) is 0 Å². The summed E-state index contributed by atoms with van der Waals surface area (Å²) in [6, 6.07) is 22.0. The minimum atomic E-state index is -0.0202. The number of carbonyl (C=O) groups is 2. The molecule has 0 bridgehead atoms. The van der Waals surface area contributed by atoms with Gasteiger partial charge in [-0.05, 0) is 48.1 Å². The van der Waals surface area contributed by atoms with E-state index in [0.717, 1.165) is 16.9 Å². The van der Waals surface area contributed by atoms with Gasteiger partial charge in [0.1, 0.15) is 0 Å². The van der Waals surface area contributed by atoms with E-state index in [1.807, 2.05) is 72.5 Å². The summed E-state index contributed by atoms with van der Waals surface area (Å²) in [5.74, 6) is 0.314. The highest BCUT2D eigenvalue weighted by Gasteiger charge is 2.22. The van der Waals surface area contributed by atoms with E-state index in [2.05, 4.69) is 18.4 Å². The van der Waals surface area contributed by atoms with Gasteiger partial charge in [-0.3, -0.25) is 9.59 Å². The molecule has 0 unspecified atom stereocenters.